The molecule has 0 atom stereocenters. The lowest BCUT2D eigenvalue weighted by Crippen LogP contribution is -2.43. The predicted octanol–water partition coefficient (Wildman–Crippen LogP) is 7.63. The number of rotatable bonds is 6. The van der Waals surface area contributed by atoms with E-state index in [1.165, 1.54) is 0 Å². The molecule has 0 N–H and O–H groups in total. The summed E-state index contributed by atoms with van der Waals surface area (Å²) in [4.78, 5) is 29.7. The van der Waals surface area contributed by atoms with Crippen molar-refractivity contribution in [2.45, 2.75) is 72.8 Å². The number of hydrogen-bond donors (Lipinski definition) is 0. The maximum atomic E-state index is 13.8. The fourth-order valence-corrected chi connectivity index (χ4v) is 6.55. The molecule has 0 bridgehead atoms. The molecule has 0 aromatic heterocycles. The Morgan fingerprint density at radius 1 is 0.846 bits per heavy atom. The number of carbonyl (C=O) groups excluding carboxylic acids is 2. The van der Waals surface area contributed by atoms with Crippen molar-refractivity contribution < 1.29 is 19.1 Å². The van der Waals surface area contributed by atoms with Crippen LogP contribution in [0.3, 0.4) is 0 Å². The molecule has 2 aromatic carbocycles. The molecule has 2 aliphatic carbocycles. The molecule has 5 nitrogen and oxygen atoms in total. The van der Waals surface area contributed by atoms with Crippen molar-refractivity contribution in [1.82, 2.24) is 4.90 Å². The summed E-state index contributed by atoms with van der Waals surface area (Å²) in [6, 6.07) is 13.4. The van der Waals surface area contributed by atoms with Gasteiger partial charge in [-0.1, -0.05) is 63.6 Å². The van der Waals surface area contributed by atoms with Gasteiger partial charge in [0, 0.05) is 58.9 Å². The summed E-state index contributed by atoms with van der Waals surface area (Å²) in [6.07, 6.45) is 2.53. The van der Waals surface area contributed by atoms with E-state index in [2.05, 4.69) is 32.6 Å². The van der Waals surface area contributed by atoms with E-state index in [4.69, 9.17) is 21.1 Å². The highest BCUT2D eigenvalue weighted by molar-refractivity contribution is 6.31. The van der Waals surface area contributed by atoms with Crippen molar-refractivity contribution in [3.05, 3.63) is 81.2 Å². The van der Waals surface area contributed by atoms with Gasteiger partial charge < -0.3 is 14.4 Å². The molecule has 0 unspecified atom stereocenters. The third-order valence-electron chi connectivity index (χ3n) is 8.12. The zero-order valence-corrected chi connectivity index (χ0v) is 24.6. The summed E-state index contributed by atoms with van der Waals surface area (Å²) in [5.74, 6) is 1.04. The lowest BCUT2D eigenvalue weighted by atomic mass is 9.64. The highest BCUT2D eigenvalue weighted by atomic mass is 35.5. The Morgan fingerprint density at radius 3 is 2.00 bits per heavy atom. The first-order valence-electron chi connectivity index (χ1n) is 13.8. The van der Waals surface area contributed by atoms with Crippen LogP contribution in [0.25, 0.3) is 0 Å². The van der Waals surface area contributed by atoms with Gasteiger partial charge in [-0.15, -0.1) is 0 Å². The number of ketones is 2. The topological polar surface area (TPSA) is 55.8 Å². The minimum absolute atomic E-state index is 0.124. The average molecular weight is 548 g/mol. The molecule has 1 aliphatic heterocycles. The second-order valence-corrected chi connectivity index (χ2v) is 13.0. The molecule has 0 saturated carbocycles. The zero-order chi connectivity index (χ0) is 28.1. The van der Waals surface area contributed by atoms with Gasteiger partial charge in [0.2, 0.25) is 0 Å². The van der Waals surface area contributed by atoms with Crippen LogP contribution in [0.1, 0.15) is 77.3 Å². The fraction of sp³-hybridized carbons (Fsp3) is 0.455. The van der Waals surface area contributed by atoms with Crippen LogP contribution < -0.4 is 9.47 Å². The Bertz CT molecular complexity index is 1350. The number of halogens is 1. The van der Waals surface area contributed by atoms with Gasteiger partial charge in [0.25, 0.3) is 0 Å². The van der Waals surface area contributed by atoms with Crippen LogP contribution >= 0.6 is 11.6 Å². The summed E-state index contributed by atoms with van der Waals surface area (Å²) < 4.78 is 12.2. The van der Waals surface area contributed by atoms with Gasteiger partial charge in [0.1, 0.15) is 6.61 Å². The molecular formula is C33H38ClNO4. The van der Waals surface area contributed by atoms with E-state index in [0.717, 1.165) is 46.5 Å². The first kappa shape index (κ1) is 27.5. The SMILES string of the molecule is CCOc1cc(C2C3=C(CC(C)(C)CC3=O)N(C)C3=C2C(=O)CC(C)(C)C3)ccc1OCc1ccccc1Cl. The maximum Gasteiger partial charge on any atom is 0.162 e. The van der Waals surface area contributed by atoms with Crippen molar-refractivity contribution in [1.29, 1.82) is 0 Å². The van der Waals surface area contributed by atoms with Crippen LogP contribution in [-0.4, -0.2) is 30.1 Å². The standard InChI is InChI=1S/C33H38ClNO4/c1-7-38-28-14-20(12-13-27(28)39-19-21-10-8-9-11-22(21)34)29-30-23(15-32(2,3)17-25(30)36)35(6)24-16-33(4,5)18-26(37)31(24)29/h8-14,29H,7,15-19H2,1-6H3. The van der Waals surface area contributed by atoms with Crippen molar-refractivity contribution in [2.24, 2.45) is 10.8 Å². The number of allylic oxidation sites excluding steroid dienone is 4. The highest BCUT2D eigenvalue weighted by Gasteiger charge is 2.48. The molecule has 0 spiro atoms. The van der Waals surface area contributed by atoms with Gasteiger partial charge in [-0.3, -0.25) is 9.59 Å². The fourth-order valence-electron chi connectivity index (χ4n) is 6.36. The molecule has 206 valence electrons. The van der Waals surface area contributed by atoms with E-state index in [0.29, 0.717) is 42.6 Å². The Balaban J connectivity index is 1.61. The molecule has 2 aromatic rings. The molecule has 39 heavy (non-hydrogen) atoms. The lowest BCUT2D eigenvalue weighted by Gasteiger charge is -2.47. The van der Waals surface area contributed by atoms with Gasteiger partial charge in [0.15, 0.2) is 23.1 Å². The van der Waals surface area contributed by atoms with Crippen molar-refractivity contribution in [3.63, 3.8) is 0 Å². The van der Waals surface area contributed by atoms with E-state index in [1.54, 1.807) is 0 Å². The van der Waals surface area contributed by atoms with Crippen molar-refractivity contribution >= 4 is 23.2 Å². The molecule has 5 rings (SSSR count). The van der Waals surface area contributed by atoms with Gasteiger partial charge in [-0.2, -0.15) is 0 Å². The van der Waals surface area contributed by atoms with Crippen LogP contribution in [-0.2, 0) is 16.2 Å². The maximum absolute atomic E-state index is 13.8. The molecule has 0 fully saturated rings. The van der Waals surface area contributed by atoms with E-state index in [1.807, 2.05) is 56.4 Å². The number of nitrogens with zero attached hydrogens (tertiary/aromatic N) is 1. The first-order valence-corrected chi connectivity index (χ1v) is 14.2. The molecule has 3 aliphatic rings. The molecule has 6 heteroatoms. The Labute approximate surface area is 236 Å². The molecule has 0 saturated heterocycles. The third kappa shape index (κ3) is 5.26. The minimum Gasteiger partial charge on any atom is -0.490 e. The molecule has 1 heterocycles. The first-order chi connectivity index (χ1) is 18.4. The minimum atomic E-state index is -0.407. The third-order valence-corrected chi connectivity index (χ3v) is 8.49. The van der Waals surface area contributed by atoms with Crippen molar-refractivity contribution in [2.75, 3.05) is 13.7 Å². The lowest BCUT2D eigenvalue weighted by molar-refractivity contribution is -0.119. The monoisotopic (exact) mass is 547 g/mol. The molecule has 0 amide bonds. The number of carbonyl (C=O) groups is 2. The number of ether oxygens (including phenoxy) is 2. The second-order valence-electron chi connectivity index (χ2n) is 12.6. The Hall–Kier alpha value is -3.05. The van der Waals surface area contributed by atoms with E-state index >= 15 is 0 Å². The van der Waals surface area contributed by atoms with Gasteiger partial charge >= 0.3 is 0 Å². The highest BCUT2D eigenvalue weighted by Crippen LogP contribution is 2.54. The van der Waals surface area contributed by atoms with E-state index < -0.39 is 5.92 Å². The molecular weight excluding hydrogens is 510 g/mol. The predicted molar refractivity (Wildman–Crippen MR) is 154 cm³/mol. The summed E-state index contributed by atoms with van der Waals surface area (Å²) in [5, 5.41) is 0.648. The number of Topliss-reactive ketones (excluding diaryl/α,β-unsaturated/α-hetero) is 2. The van der Waals surface area contributed by atoms with Gasteiger partial charge in [0.05, 0.1) is 6.61 Å². The van der Waals surface area contributed by atoms with Crippen LogP contribution in [0, 0.1) is 10.8 Å². The number of hydrogen-bond acceptors (Lipinski definition) is 5. The Kier molecular flexibility index (Phi) is 7.17. The van der Waals surface area contributed by atoms with E-state index in [9.17, 15) is 9.59 Å². The van der Waals surface area contributed by atoms with Crippen LogP contribution in [0.15, 0.2) is 65.0 Å². The van der Waals surface area contributed by atoms with E-state index in [-0.39, 0.29) is 22.4 Å². The summed E-state index contributed by atoms with van der Waals surface area (Å²) in [7, 11) is 2.03. The smallest absolute Gasteiger partial charge is 0.162 e. The quantitative estimate of drug-likeness (QED) is 0.372. The Morgan fingerprint density at radius 2 is 1.44 bits per heavy atom. The van der Waals surface area contributed by atoms with Crippen LogP contribution in [0.2, 0.25) is 5.02 Å². The van der Waals surface area contributed by atoms with Crippen LogP contribution in [0.4, 0.5) is 0 Å². The van der Waals surface area contributed by atoms with Crippen molar-refractivity contribution in [3.8, 4) is 11.5 Å². The molecule has 0 radical (unpaired) electrons. The van der Waals surface area contributed by atoms with Gasteiger partial charge in [-0.05, 0) is 54.4 Å². The summed E-state index contributed by atoms with van der Waals surface area (Å²) in [5.41, 5.74) is 5.12. The normalized spacial score (nSPS) is 20.6. The summed E-state index contributed by atoms with van der Waals surface area (Å²) in [6.45, 7) is 11.3. The average Bonchev–Trinajstić information content (AvgIpc) is 2.84. The van der Waals surface area contributed by atoms with Crippen LogP contribution in [0.5, 0.6) is 11.5 Å². The largest absolute Gasteiger partial charge is 0.490 e. The second kappa shape index (κ2) is 10.2. The van der Waals surface area contributed by atoms with Gasteiger partial charge in [-0.25, -0.2) is 0 Å². The summed E-state index contributed by atoms with van der Waals surface area (Å²) >= 11 is 6.34. The number of benzene rings is 2. The zero-order valence-electron chi connectivity index (χ0n) is 23.8.